The molecule has 1 unspecified atom stereocenters. The van der Waals surface area contributed by atoms with Crippen LogP contribution in [0.5, 0.6) is 0 Å². The van der Waals surface area contributed by atoms with Gasteiger partial charge < -0.3 is 19.5 Å². The first kappa shape index (κ1) is 16.2. The maximum absolute atomic E-state index is 12.3. The molecule has 23 heavy (non-hydrogen) atoms. The van der Waals surface area contributed by atoms with Crippen LogP contribution in [0.3, 0.4) is 0 Å². The minimum atomic E-state index is 0.0871. The second-order valence-corrected chi connectivity index (χ2v) is 6.48. The van der Waals surface area contributed by atoms with Gasteiger partial charge >= 0.3 is 6.03 Å². The molecule has 1 aromatic rings. The molecule has 0 saturated carbocycles. The summed E-state index contributed by atoms with van der Waals surface area (Å²) in [6.45, 7) is 3.41. The number of nitrogens with zero attached hydrogens (tertiary/aromatic N) is 3. The molecule has 0 aliphatic carbocycles. The van der Waals surface area contributed by atoms with Gasteiger partial charge in [0, 0.05) is 38.1 Å². The van der Waals surface area contributed by atoms with Crippen LogP contribution in [0.4, 0.5) is 4.79 Å². The highest BCUT2D eigenvalue weighted by Crippen LogP contribution is 2.42. The summed E-state index contributed by atoms with van der Waals surface area (Å²) in [7, 11) is 1.66. The minimum Gasteiger partial charge on any atom is -0.384 e. The molecule has 0 radical (unpaired) electrons. The molecule has 2 amide bonds. The quantitative estimate of drug-likeness (QED) is 0.867. The Morgan fingerprint density at radius 3 is 2.78 bits per heavy atom. The molecule has 7 heteroatoms. The fourth-order valence-corrected chi connectivity index (χ4v) is 3.76. The van der Waals surface area contributed by atoms with Crippen molar-refractivity contribution in [3.63, 3.8) is 0 Å². The first-order chi connectivity index (χ1) is 11.2. The first-order valence-corrected chi connectivity index (χ1v) is 8.60. The fourth-order valence-electron chi connectivity index (χ4n) is 3.76. The average molecular weight is 322 g/mol. The van der Waals surface area contributed by atoms with Gasteiger partial charge in [-0.05, 0) is 32.1 Å². The number of rotatable bonds is 6. The molecule has 0 spiro atoms. The standard InChI is InChI=1S/C16H26N4O3/c1-3-7-17-16(21)20-12-4-5-13(20)10-11(9-12)15-18-14(19-23-15)6-8-22-2/h11-13H,3-10H2,1-2H3,(H,17,21)/t11?,12-,13+. The van der Waals surface area contributed by atoms with E-state index < -0.39 is 0 Å². The van der Waals surface area contributed by atoms with Gasteiger partial charge in [0.05, 0.1) is 6.61 Å². The number of hydrogen-bond acceptors (Lipinski definition) is 5. The van der Waals surface area contributed by atoms with E-state index in [9.17, 15) is 4.79 Å². The van der Waals surface area contributed by atoms with Crippen molar-refractivity contribution in [1.29, 1.82) is 0 Å². The minimum absolute atomic E-state index is 0.0871. The summed E-state index contributed by atoms with van der Waals surface area (Å²) in [6.07, 6.45) is 5.62. The first-order valence-electron chi connectivity index (χ1n) is 8.60. The third-order valence-corrected chi connectivity index (χ3v) is 4.86. The van der Waals surface area contributed by atoms with Crippen molar-refractivity contribution in [2.24, 2.45) is 0 Å². The Morgan fingerprint density at radius 2 is 2.13 bits per heavy atom. The highest BCUT2D eigenvalue weighted by Gasteiger charge is 2.44. The van der Waals surface area contributed by atoms with Crippen molar-refractivity contribution in [2.75, 3.05) is 20.3 Å². The van der Waals surface area contributed by atoms with Crippen molar-refractivity contribution in [2.45, 2.75) is 63.5 Å². The van der Waals surface area contributed by atoms with Gasteiger partial charge in [0.2, 0.25) is 5.89 Å². The number of carbonyl (C=O) groups excluding carboxylic acids is 1. The van der Waals surface area contributed by atoms with Gasteiger partial charge in [-0.25, -0.2) is 4.79 Å². The summed E-state index contributed by atoms with van der Waals surface area (Å²) < 4.78 is 10.5. The maximum Gasteiger partial charge on any atom is 0.317 e. The third kappa shape index (κ3) is 3.49. The normalized spacial score (nSPS) is 26.5. The van der Waals surface area contributed by atoms with Gasteiger partial charge in [0.1, 0.15) is 0 Å². The molecule has 1 aromatic heterocycles. The Morgan fingerprint density at radius 1 is 1.39 bits per heavy atom. The Bertz CT molecular complexity index is 519. The van der Waals surface area contributed by atoms with Crippen LogP contribution in [0.15, 0.2) is 4.52 Å². The molecule has 3 heterocycles. The number of hydrogen-bond donors (Lipinski definition) is 1. The van der Waals surface area contributed by atoms with Crippen molar-refractivity contribution in [1.82, 2.24) is 20.4 Å². The van der Waals surface area contributed by atoms with E-state index in [1.54, 1.807) is 7.11 Å². The van der Waals surface area contributed by atoms with E-state index in [1.165, 1.54) is 0 Å². The number of ether oxygens (including phenoxy) is 1. The monoisotopic (exact) mass is 322 g/mol. The van der Waals surface area contributed by atoms with E-state index in [2.05, 4.69) is 22.4 Å². The average Bonchev–Trinajstić information content (AvgIpc) is 3.13. The highest BCUT2D eigenvalue weighted by molar-refractivity contribution is 5.75. The van der Waals surface area contributed by atoms with E-state index in [0.29, 0.717) is 30.9 Å². The summed E-state index contributed by atoms with van der Waals surface area (Å²) in [6, 6.07) is 0.680. The lowest BCUT2D eigenvalue weighted by Crippen LogP contribution is -2.50. The number of piperidine rings is 1. The number of amides is 2. The molecule has 128 valence electrons. The molecule has 2 fully saturated rings. The van der Waals surface area contributed by atoms with E-state index in [1.807, 2.05) is 4.90 Å². The Hall–Kier alpha value is -1.63. The van der Waals surface area contributed by atoms with Crippen LogP contribution in [0.25, 0.3) is 0 Å². The van der Waals surface area contributed by atoms with Crippen LogP contribution in [0, 0.1) is 0 Å². The van der Waals surface area contributed by atoms with Gasteiger partial charge in [-0.15, -0.1) is 0 Å². The SMILES string of the molecule is CCCNC(=O)N1[C@@H]2CC[C@H]1CC(c1nc(CCOC)no1)C2. The number of nitrogens with one attached hydrogen (secondary N) is 1. The van der Waals surface area contributed by atoms with Crippen LogP contribution in [-0.2, 0) is 11.2 Å². The van der Waals surface area contributed by atoms with Crippen LogP contribution in [0.1, 0.15) is 56.7 Å². The molecule has 1 N–H and O–H groups in total. The Labute approximate surface area is 136 Å². The molecular weight excluding hydrogens is 296 g/mol. The van der Waals surface area contributed by atoms with Crippen molar-refractivity contribution in [3.05, 3.63) is 11.7 Å². The largest absolute Gasteiger partial charge is 0.384 e. The summed E-state index contributed by atoms with van der Waals surface area (Å²) in [5, 5.41) is 7.04. The number of urea groups is 1. The van der Waals surface area contributed by atoms with Crippen LogP contribution >= 0.6 is 0 Å². The predicted octanol–water partition coefficient (Wildman–Crippen LogP) is 2.09. The zero-order valence-corrected chi connectivity index (χ0v) is 14.0. The summed E-state index contributed by atoms with van der Waals surface area (Å²) >= 11 is 0. The van der Waals surface area contributed by atoms with Gasteiger partial charge in [-0.2, -0.15) is 4.98 Å². The lowest BCUT2D eigenvalue weighted by atomic mass is 9.91. The van der Waals surface area contributed by atoms with Crippen LogP contribution in [0.2, 0.25) is 0 Å². The maximum atomic E-state index is 12.3. The van der Waals surface area contributed by atoms with Crippen LogP contribution in [-0.4, -0.2) is 53.4 Å². The van der Waals surface area contributed by atoms with E-state index >= 15 is 0 Å². The number of aromatic nitrogens is 2. The van der Waals surface area contributed by atoms with Gasteiger partial charge in [0.15, 0.2) is 5.82 Å². The topological polar surface area (TPSA) is 80.5 Å². The molecule has 7 nitrogen and oxygen atoms in total. The summed E-state index contributed by atoms with van der Waals surface area (Å²) in [5.41, 5.74) is 0. The molecule has 3 atom stereocenters. The summed E-state index contributed by atoms with van der Waals surface area (Å²) in [4.78, 5) is 18.9. The lowest BCUT2D eigenvalue weighted by molar-refractivity contribution is 0.130. The number of methoxy groups -OCH3 is 1. The van der Waals surface area contributed by atoms with Gasteiger partial charge in [-0.1, -0.05) is 12.1 Å². The van der Waals surface area contributed by atoms with E-state index in [4.69, 9.17) is 9.26 Å². The fraction of sp³-hybridized carbons (Fsp3) is 0.812. The molecule has 2 bridgehead atoms. The van der Waals surface area contributed by atoms with Crippen molar-refractivity contribution >= 4 is 6.03 Å². The second kappa shape index (κ2) is 7.29. The number of fused-ring (bicyclic) bond motifs is 2. The van der Waals surface area contributed by atoms with Gasteiger partial charge in [0.25, 0.3) is 0 Å². The highest BCUT2D eigenvalue weighted by atomic mass is 16.5. The van der Waals surface area contributed by atoms with Crippen molar-refractivity contribution < 1.29 is 14.1 Å². The second-order valence-electron chi connectivity index (χ2n) is 6.48. The Balaban J connectivity index is 1.62. The smallest absolute Gasteiger partial charge is 0.317 e. The molecule has 0 aromatic carbocycles. The lowest BCUT2D eigenvalue weighted by Gasteiger charge is -2.37. The third-order valence-electron chi connectivity index (χ3n) is 4.86. The molecule has 2 saturated heterocycles. The molecule has 2 aliphatic heterocycles. The zero-order chi connectivity index (χ0) is 16.2. The predicted molar refractivity (Wildman–Crippen MR) is 84.2 cm³/mol. The molecular formula is C16H26N4O3. The molecule has 3 rings (SSSR count). The van der Waals surface area contributed by atoms with Crippen LogP contribution < -0.4 is 5.32 Å². The van der Waals surface area contributed by atoms with E-state index in [0.717, 1.165) is 44.5 Å². The van der Waals surface area contributed by atoms with Gasteiger partial charge in [-0.3, -0.25) is 0 Å². The van der Waals surface area contributed by atoms with Crippen molar-refractivity contribution in [3.8, 4) is 0 Å². The summed E-state index contributed by atoms with van der Waals surface area (Å²) in [5.74, 6) is 1.70. The Kier molecular flexibility index (Phi) is 5.15. The number of carbonyl (C=O) groups is 1. The zero-order valence-electron chi connectivity index (χ0n) is 14.0. The molecule has 2 aliphatic rings. The van der Waals surface area contributed by atoms with E-state index in [-0.39, 0.29) is 11.9 Å².